The molecule has 2 aliphatic rings. The van der Waals surface area contributed by atoms with Crippen molar-refractivity contribution in [3.05, 3.63) is 47.2 Å². The van der Waals surface area contributed by atoms with Gasteiger partial charge in [-0.05, 0) is 62.3 Å². The molecule has 0 unspecified atom stereocenters. The number of esters is 1. The van der Waals surface area contributed by atoms with Crippen LogP contribution in [0.25, 0.3) is 0 Å². The molecule has 0 radical (unpaired) electrons. The molecule has 0 aromatic heterocycles. The third-order valence-electron chi connectivity index (χ3n) is 5.60. The molecule has 30 heavy (non-hydrogen) atoms. The van der Waals surface area contributed by atoms with Gasteiger partial charge in [0.15, 0.2) is 5.76 Å². The third kappa shape index (κ3) is 5.61. The van der Waals surface area contributed by atoms with E-state index in [0.29, 0.717) is 37.5 Å². The van der Waals surface area contributed by atoms with Crippen LogP contribution in [0.5, 0.6) is 0 Å². The Morgan fingerprint density at radius 3 is 2.57 bits per heavy atom. The Kier molecular flexibility index (Phi) is 7.87. The van der Waals surface area contributed by atoms with Gasteiger partial charge in [-0.1, -0.05) is 12.1 Å². The molecule has 164 valence electrons. The second-order valence-electron chi connectivity index (χ2n) is 7.79. The van der Waals surface area contributed by atoms with Crippen molar-refractivity contribution < 1.29 is 28.9 Å². The van der Waals surface area contributed by atoms with Crippen molar-refractivity contribution in [3.63, 3.8) is 0 Å². The van der Waals surface area contributed by atoms with Crippen molar-refractivity contribution in [1.29, 1.82) is 0 Å². The number of aliphatic hydroxyl groups is 1. The number of carbonyl (C=O) groups is 2. The fourth-order valence-electron chi connectivity index (χ4n) is 3.75. The fraction of sp³-hybridized carbons (Fsp3) is 0.565. The van der Waals surface area contributed by atoms with E-state index in [1.807, 2.05) is 25.1 Å². The average molecular weight is 418 g/mol. The van der Waals surface area contributed by atoms with Crippen molar-refractivity contribution in [2.24, 2.45) is 11.8 Å². The van der Waals surface area contributed by atoms with E-state index in [4.69, 9.17) is 14.2 Å². The number of aliphatic hydroxyl groups excluding tert-OH is 1. The van der Waals surface area contributed by atoms with E-state index in [-0.39, 0.29) is 30.1 Å². The molecule has 1 fully saturated rings. The SMILES string of the molecule is CCO[C@H]1OC(C(=O)NCC2CC2)=C[C@@H](c2ccc(C(=O)OC)cc2)[C@@H]1CCCO. The highest BCUT2D eigenvalue weighted by atomic mass is 16.7. The molecule has 1 aromatic rings. The normalized spacial score (nSPS) is 23.3. The minimum absolute atomic E-state index is 0.0685. The molecule has 1 aromatic carbocycles. The molecule has 1 heterocycles. The van der Waals surface area contributed by atoms with Crippen LogP contribution in [-0.2, 0) is 19.0 Å². The molecule has 1 aliphatic heterocycles. The molecule has 7 nitrogen and oxygen atoms in total. The van der Waals surface area contributed by atoms with Gasteiger partial charge in [0, 0.05) is 31.6 Å². The maximum atomic E-state index is 12.7. The zero-order valence-corrected chi connectivity index (χ0v) is 17.6. The van der Waals surface area contributed by atoms with E-state index in [0.717, 1.165) is 18.4 Å². The van der Waals surface area contributed by atoms with Crippen LogP contribution < -0.4 is 5.32 Å². The van der Waals surface area contributed by atoms with Crippen molar-refractivity contribution in [3.8, 4) is 0 Å². The summed E-state index contributed by atoms with van der Waals surface area (Å²) in [5.41, 5.74) is 1.42. The number of carbonyl (C=O) groups excluding carboxylic acids is 2. The summed E-state index contributed by atoms with van der Waals surface area (Å²) in [6.07, 6.45) is 4.84. The van der Waals surface area contributed by atoms with E-state index >= 15 is 0 Å². The van der Waals surface area contributed by atoms with E-state index in [1.54, 1.807) is 12.1 Å². The summed E-state index contributed by atoms with van der Waals surface area (Å²) in [5, 5.41) is 12.3. The van der Waals surface area contributed by atoms with E-state index in [1.165, 1.54) is 7.11 Å². The number of benzene rings is 1. The number of ether oxygens (including phenoxy) is 3. The lowest BCUT2D eigenvalue weighted by atomic mass is 9.80. The number of hydrogen-bond acceptors (Lipinski definition) is 6. The van der Waals surface area contributed by atoms with Gasteiger partial charge in [-0.3, -0.25) is 4.79 Å². The van der Waals surface area contributed by atoms with Crippen LogP contribution >= 0.6 is 0 Å². The number of allylic oxidation sites excluding steroid dienone is 1. The van der Waals surface area contributed by atoms with Gasteiger partial charge in [-0.15, -0.1) is 0 Å². The molecule has 1 aliphatic carbocycles. The molecular formula is C23H31NO6. The van der Waals surface area contributed by atoms with Crippen LogP contribution in [0, 0.1) is 11.8 Å². The second-order valence-corrected chi connectivity index (χ2v) is 7.79. The Bertz CT molecular complexity index is 755. The van der Waals surface area contributed by atoms with Crippen LogP contribution in [0.2, 0.25) is 0 Å². The van der Waals surface area contributed by atoms with Gasteiger partial charge in [-0.2, -0.15) is 0 Å². The van der Waals surface area contributed by atoms with Crippen molar-refractivity contribution in [1.82, 2.24) is 5.32 Å². The first-order valence-electron chi connectivity index (χ1n) is 10.6. The van der Waals surface area contributed by atoms with E-state index in [9.17, 15) is 14.7 Å². The summed E-state index contributed by atoms with van der Waals surface area (Å²) >= 11 is 0. The number of nitrogens with one attached hydrogen (secondary N) is 1. The van der Waals surface area contributed by atoms with E-state index < -0.39 is 12.3 Å². The summed E-state index contributed by atoms with van der Waals surface area (Å²) in [5.74, 6) is -0.0101. The van der Waals surface area contributed by atoms with Crippen LogP contribution in [0.4, 0.5) is 0 Å². The molecular weight excluding hydrogens is 386 g/mol. The molecule has 3 atom stereocenters. The van der Waals surface area contributed by atoms with Crippen LogP contribution in [-0.4, -0.2) is 50.1 Å². The molecule has 7 heteroatoms. The van der Waals surface area contributed by atoms with Crippen LogP contribution in [0.1, 0.15) is 54.4 Å². The summed E-state index contributed by atoms with van der Waals surface area (Å²) < 4.78 is 16.6. The van der Waals surface area contributed by atoms with Gasteiger partial charge in [0.25, 0.3) is 5.91 Å². The zero-order chi connectivity index (χ0) is 21.5. The topological polar surface area (TPSA) is 94.1 Å². The maximum Gasteiger partial charge on any atom is 0.337 e. The predicted octanol–water partition coefficient (Wildman–Crippen LogP) is 2.75. The van der Waals surface area contributed by atoms with Gasteiger partial charge in [-0.25, -0.2) is 4.79 Å². The van der Waals surface area contributed by atoms with Crippen molar-refractivity contribution in [2.45, 2.75) is 44.8 Å². The van der Waals surface area contributed by atoms with Crippen molar-refractivity contribution in [2.75, 3.05) is 26.9 Å². The number of hydrogen-bond donors (Lipinski definition) is 2. The van der Waals surface area contributed by atoms with Crippen LogP contribution in [0.15, 0.2) is 36.1 Å². The lowest BCUT2D eigenvalue weighted by molar-refractivity contribution is -0.166. The minimum atomic E-state index is -0.585. The minimum Gasteiger partial charge on any atom is -0.465 e. The van der Waals surface area contributed by atoms with Gasteiger partial charge in [0.2, 0.25) is 6.29 Å². The predicted molar refractivity (Wildman–Crippen MR) is 111 cm³/mol. The highest BCUT2D eigenvalue weighted by Gasteiger charge is 2.38. The number of methoxy groups -OCH3 is 1. The highest BCUT2D eigenvalue weighted by Crippen LogP contribution is 2.39. The number of amides is 1. The lowest BCUT2D eigenvalue weighted by Crippen LogP contribution is -2.39. The second kappa shape index (κ2) is 10.6. The average Bonchev–Trinajstić information content (AvgIpc) is 3.60. The molecule has 0 spiro atoms. The lowest BCUT2D eigenvalue weighted by Gasteiger charge is -2.37. The third-order valence-corrected chi connectivity index (χ3v) is 5.60. The largest absolute Gasteiger partial charge is 0.465 e. The maximum absolute atomic E-state index is 12.7. The van der Waals surface area contributed by atoms with Crippen LogP contribution in [0.3, 0.4) is 0 Å². The molecule has 2 N–H and O–H groups in total. The standard InChI is InChI=1S/C23H31NO6/c1-3-29-23-18(5-4-12-25)19(16-8-10-17(11-9-16)22(27)28-2)13-20(30-23)21(26)24-14-15-6-7-15/h8-11,13,15,18-19,23,25H,3-7,12,14H2,1-2H3,(H,24,26)/t18-,19-,23-/m0/s1. The zero-order valence-electron chi connectivity index (χ0n) is 17.6. The first kappa shape index (κ1) is 22.3. The Balaban J connectivity index is 1.88. The summed E-state index contributed by atoms with van der Waals surface area (Å²) in [6, 6.07) is 7.17. The first-order valence-corrected chi connectivity index (χ1v) is 10.6. The molecule has 1 amide bonds. The molecule has 0 saturated heterocycles. The Morgan fingerprint density at radius 1 is 1.23 bits per heavy atom. The molecule has 1 saturated carbocycles. The van der Waals surface area contributed by atoms with Gasteiger partial charge in [0.05, 0.1) is 12.7 Å². The van der Waals surface area contributed by atoms with Gasteiger partial charge < -0.3 is 24.6 Å². The Morgan fingerprint density at radius 2 is 1.97 bits per heavy atom. The monoisotopic (exact) mass is 417 g/mol. The first-order chi connectivity index (χ1) is 14.6. The fourth-order valence-corrected chi connectivity index (χ4v) is 3.75. The van der Waals surface area contributed by atoms with Gasteiger partial charge >= 0.3 is 5.97 Å². The van der Waals surface area contributed by atoms with E-state index in [2.05, 4.69) is 5.32 Å². The van der Waals surface area contributed by atoms with Gasteiger partial charge in [0.1, 0.15) is 0 Å². The Labute approximate surface area is 177 Å². The highest BCUT2D eigenvalue weighted by molar-refractivity contribution is 5.92. The van der Waals surface area contributed by atoms with Crippen molar-refractivity contribution >= 4 is 11.9 Å². The summed E-state index contributed by atoms with van der Waals surface area (Å²) in [7, 11) is 1.35. The number of rotatable bonds is 10. The smallest absolute Gasteiger partial charge is 0.337 e. The summed E-state index contributed by atoms with van der Waals surface area (Å²) in [6.45, 7) is 3.07. The molecule has 3 rings (SSSR count). The summed E-state index contributed by atoms with van der Waals surface area (Å²) in [4.78, 5) is 24.5. The quantitative estimate of drug-likeness (QED) is 0.569. The molecule has 0 bridgehead atoms. The Hall–Kier alpha value is -2.38.